The van der Waals surface area contributed by atoms with Crippen LogP contribution < -0.4 is 5.32 Å². The van der Waals surface area contributed by atoms with Crippen LogP contribution in [0.5, 0.6) is 0 Å². The highest BCUT2D eigenvalue weighted by Crippen LogP contribution is 2.14. The molecular formula is C14H17NO3. The maximum absolute atomic E-state index is 11.3. The van der Waals surface area contributed by atoms with Gasteiger partial charge in [0.15, 0.2) is 0 Å². The number of carbonyl (C=O) groups excluding carboxylic acids is 1. The second-order valence-corrected chi connectivity index (χ2v) is 3.65. The van der Waals surface area contributed by atoms with E-state index in [1.807, 2.05) is 13.0 Å². The molecule has 0 aliphatic rings. The fourth-order valence-corrected chi connectivity index (χ4v) is 1.33. The molecule has 0 saturated carbocycles. The first kappa shape index (κ1) is 14.1. The Labute approximate surface area is 107 Å². The Morgan fingerprint density at radius 2 is 2.28 bits per heavy atom. The molecule has 1 aromatic carbocycles. The first-order valence-corrected chi connectivity index (χ1v) is 5.81. The van der Waals surface area contributed by atoms with Gasteiger partial charge in [-0.1, -0.05) is 17.9 Å². The van der Waals surface area contributed by atoms with E-state index >= 15 is 0 Å². The molecule has 18 heavy (non-hydrogen) atoms. The number of hydrogen-bond donors (Lipinski definition) is 2. The van der Waals surface area contributed by atoms with Gasteiger partial charge in [0.05, 0.1) is 13.2 Å². The van der Waals surface area contributed by atoms with Crippen LogP contribution in [0.4, 0.5) is 10.5 Å². The summed E-state index contributed by atoms with van der Waals surface area (Å²) >= 11 is 0. The van der Waals surface area contributed by atoms with Gasteiger partial charge in [0, 0.05) is 17.7 Å². The van der Waals surface area contributed by atoms with Crippen LogP contribution in [0.15, 0.2) is 18.2 Å². The molecule has 1 rings (SSSR count). The highest BCUT2D eigenvalue weighted by molar-refractivity contribution is 5.84. The molecule has 0 aliphatic heterocycles. The zero-order chi connectivity index (χ0) is 13.4. The van der Waals surface area contributed by atoms with Crippen molar-refractivity contribution in [2.45, 2.75) is 20.3 Å². The van der Waals surface area contributed by atoms with Gasteiger partial charge in [-0.05, 0) is 31.5 Å². The van der Waals surface area contributed by atoms with Crippen LogP contribution in [0.3, 0.4) is 0 Å². The Balaban J connectivity index is 2.81. The zero-order valence-corrected chi connectivity index (χ0v) is 10.6. The van der Waals surface area contributed by atoms with Gasteiger partial charge in [-0.3, -0.25) is 5.32 Å². The monoisotopic (exact) mass is 247 g/mol. The summed E-state index contributed by atoms with van der Waals surface area (Å²) in [7, 11) is 0. The largest absolute Gasteiger partial charge is 0.450 e. The maximum Gasteiger partial charge on any atom is 0.411 e. The molecule has 0 atom stereocenters. The molecule has 0 radical (unpaired) electrons. The lowest BCUT2D eigenvalue weighted by atomic mass is 10.1. The van der Waals surface area contributed by atoms with Crippen molar-refractivity contribution in [1.29, 1.82) is 0 Å². The average Bonchev–Trinajstić information content (AvgIpc) is 2.34. The van der Waals surface area contributed by atoms with E-state index < -0.39 is 6.09 Å². The van der Waals surface area contributed by atoms with Crippen LogP contribution >= 0.6 is 0 Å². The van der Waals surface area contributed by atoms with Crippen molar-refractivity contribution in [3.8, 4) is 11.8 Å². The number of nitrogens with one attached hydrogen (secondary N) is 1. The number of aryl methyl sites for hydroxylation is 1. The second-order valence-electron chi connectivity index (χ2n) is 3.65. The summed E-state index contributed by atoms with van der Waals surface area (Å²) in [5.41, 5.74) is 2.50. The summed E-state index contributed by atoms with van der Waals surface area (Å²) in [5.74, 6) is 5.81. The molecule has 2 N–H and O–H groups in total. The summed E-state index contributed by atoms with van der Waals surface area (Å²) in [6.07, 6.45) is -0.0368. The number of aliphatic hydroxyl groups is 1. The van der Waals surface area contributed by atoms with Crippen molar-refractivity contribution >= 4 is 11.8 Å². The first-order valence-electron chi connectivity index (χ1n) is 5.81. The van der Waals surface area contributed by atoms with Gasteiger partial charge in [-0.2, -0.15) is 0 Å². The Morgan fingerprint density at radius 3 is 2.94 bits per heavy atom. The third-order valence-corrected chi connectivity index (χ3v) is 2.22. The molecule has 0 aliphatic carbocycles. The fraction of sp³-hybridized carbons (Fsp3) is 0.357. The minimum Gasteiger partial charge on any atom is -0.450 e. The first-order chi connectivity index (χ1) is 8.67. The third kappa shape index (κ3) is 4.48. The third-order valence-electron chi connectivity index (χ3n) is 2.22. The summed E-state index contributed by atoms with van der Waals surface area (Å²) in [5, 5.41) is 11.3. The van der Waals surface area contributed by atoms with Crippen LogP contribution in [0.25, 0.3) is 0 Å². The predicted octanol–water partition coefficient (Wildman–Crippen LogP) is 2.30. The lowest BCUT2D eigenvalue weighted by Gasteiger charge is -2.06. The van der Waals surface area contributed by atoms with Crippen molar-refractivity contribution in [2.24, 2.45) is 0 Å². The van der Waals surface area contributed by atoms with Crippen molar-refractivity contribution in [3.63, 3.8) is 0 Å². The average molecular weight is 247 g/mol. The number of aliphatic hydroxyl groups excluding tert-OH is 1. The molecule has 0 unspecified atom stereocenters. The van der Waals surface area contributed by atoms with Gasteiger partial charge in [0.2, 0.25) is 0 Å². The van der Waals surface area contributed by atoms with Gasteiger partial charge in [-0.25, -0.2) is 4.79 Å². The van der Waals surface area contributed by atoms with Gasteiger partial charge >= 0.3 is 6.09 Å². The van der Waals surface area contributed by atoms with E-state index in [0.717, 1.165) is 11.1 Å². The molecule has 4 nitrogen and oxygen atoms in total. The Kier molecular flexibility index (Phi) is 5.75. The van der Waals surface area contributed by atoms with E-state index in [4.69, 9.17) is 9.84 Å². The van der Waals surface area contributed by atoms with E-state index in [2.05, 4.69) is 17.2 Å². The number of amides is 1. The molecule has 0 saturated heterocycles. The van der Waals surface area contributed by atoms with Gasteiger partial charge < -0.3 is 9.84 Å². The minimum atomic E-state index is -0.476. The van der Waals surface area contributed by atoms with Crippen LogP contribution in [0, 0.1) is 18.8 Å². The molecular weight excluding hydrogens is 230 g/mol. The Bertz CT molecular complexity index is 472. The maximum atomic E-state index is 11.3. The van der Waals surface area contributed by atoms with Crippen molar-refractivity contribution in [2.75, 3.05) is 18.5 Å². The summed E-state index contributed by atoms with van der Waals surface area (Å²) < 4.78 is 4.80. The normalized spacial score (nSPS) is 9.28. The molecule has 0 heterocycles. The van der Waals surface area contributed by atoms with E-state index in [-0.39, 0.29) is 6.61 Å². The highest BCUT2D eigenvalue weighted by Gasteiger charge is 2.03. The molecule has 1 aromatic rings. The molecule has 0 aromatic heterocycles. The number of benzene rings is 1. The standard InChI is InChI=1S/C14H17NO3/c1-3-18-14(17)15-13-8-7-11(2)12(10-13)6-4-5-9-16/h7-8,10,16H,3,5,9H2,1-2H3,(H,15,17). The predicted molar refractivity (Wildman–Crippen MR) is 70.4 cm³/mol. The summed E-state index contributed by atoms with van der Waals surface area (Å²) in [6.45, 7) is 4.07. The Morgan fingerprint density at radius 1 is 1.50 bits per heavy atom. The van der Waals surface area contributed by atoms with E-state index in [9.17, 15) is 4.79 Å². The van der Waals surface area contributed by atoms with Crippen LogP contribution in [0.2, 0.25) is 0 Å². The summed E-state index contributed by atoms with van der Waals surface area (Å²) in [6, 6.07) is 5.46. The highest BCUT2D eigenvalue weighted by atomic mass is 16.5. The lowest BCUT2D eigenvalue weighted by molar-refractivity contribution is 0.168. The number of rotatable bonds is 3. The van der Waals surface area contributed by atoms with Gasteiger partial charge in [0.1, 0.15) is 0 Å². The number of carbonyl (C=O) groups is 1. The second kappa shape index (κ2) is 7.36. The number of hydrogen-bond acceptors (Lipinski definition) is 3. The quantitative estimate of drug-likeness (QED) is 0.806. The Hall–Kier alpha value is -1.99. The molecule has 1 amide bonds. The molecule has 0 bridgehead atoms. The van der Waals surface area contributed by atoms with E-state index in [0.29, 0.717) is 18.7 Å². The van der Waals surface area contributed by atoms with Crippen LogP contribution in [-0.4, -0.2) is 24.4 Å². The molecule has 0 spiro atoms. The molecule has 0 fully saturated rings. The van der Waals surface area contributed by atoms with Crippen molar-refractivity contribution in [3.05, 3.63) is 29.3 Å². The van der Waals surface area contributed by atoms with Crippen LogP contribution in [-0.2, 0) is 4.74 Å². The van der Waals surface area contributed by atoms with E-state index in [1.54, 1.807) is 19.1 Å². The zero-order valence-electron chi connectivity index (χ0n) is 10.6. The molecule has 4 heteroatoms. The van der Waals surface area contributed by atoms with Gasteiger partial charge in [0.25, 0.3) is 0 Å². The van der Waals surface area contributed by atoms with Crippen LogP contribution in [0.1, 0.15) is 24.5 Å². The minimum absolute atomic E-state index is 0.0484. The number of ether oxygens (including phenoxy) is 1. The van der Waals surface area contributed by atoms with Crippen molar-refractivity contribution in [1.82, 2.24) is 0 Å². The number of anilines is 1. The fourth-order valence-electron chi connectivity index (χ4n) is 1.33. The topological polar surface area (TPSA) is 58.6 Å². The SMILES string of the molecule is CCOC(=O)Nc1ccc(C)c(C#CCCO)c1. The smallest absolute Gasteiger partial charge is 0.411 e. The van der Waals surface area contributed by atoms with Gasteiger partial charge in [-0.15, -0.1) is 0 Å². The summed E-state index contributed by atoms with van der Waals surface area (Å²) in [4.78, 5) is 11.3. The van der Waals surface area contributed by atoms with E-state index in [1.165, 1.54) is 0 Å². The van der Waals surface area contributed by atoms with Crippen molar-refractivity contribution < 1.29 is 14.6 Å². The lowest BCUT2D eigenvalue weighted by Crippen LogP contribution is -2.13. The molecule has 96 valence electrons.